The molecule has 0 spiro atoms. The van der Waals surface area contributed by atoms with Crippen molar-refractivity contribution in [1.82, 2.24) is 4.98 Å². The van der Waals surface area contributed by atoms with Gasteiger partial charge in [-0.15, -0.1) is 0 Å². The lowest BCUT2D eigenvalue weighted by molar-refractivity contribution is -0.384. The van der Waals surface area contributed by atoms with Gasteiger partial charge < -0.3 is 4.74 Å². The van der Waals surface area contributed by atoms with Gasteiger partial charge >= 0.3 is 6.18 Å². The minimum atomic E-state index is -4.52. The first-order chi connectivity index (χ1) is 8.86. The molecule has 0 saturated heterocycles. The van der Waals surface area contributed by atoms with Gasteiger partial charge in [0.2, 0.25) is 0 Å². The third-order valence-corrected chi connectivity index (χ3v) is 2.74. The molecule has 0 aliphatic heterocycles. The van der Waals surface area contributed by atoms with Crippen molar-refractivity contribution in [2.75, 3.05) is 0 Å². The Bertz CT molecular complexity index is 595. The number of nitrogens with zero attached hydrogens (tertiary/aromatic N) is 2. The summed E-state index contributed by atoms with van der Waals surface area (Å²) in [6.07, 6.45) is -4.52. The Morgan fingerprint density at radius 1 is 1.26 bits per heavy atom. The number of hydrogen-bond acceptors (Lipinski definition) is 5. The fourth-order valence-electron chi connectivity index (χ4n) is 1.17. The highest BCUT2D eigenvalue weighted by molar-refractivity contribution is 7.11. The van der Waals surface area contributed by atoms with Crippen molar-refractivity contribution < 1.29 is 22.8 Å². The van der Waals surface area contributed by atoms with Crippen LogP contribution in [0.1, 0.15) is 5.69 Å². The van der Waals surface area contributed by atoms with Gasteiger partial charge in [0.1, 0.15) is 5.75 Å². The summed E-state index contributed by atoms with van der Waals surface area (Å²) in [5.74, 6) is 0.175. The lowest BCUT2D eigenvalue weighted by Gasteiger charge is -2.02. The van der Waals surface area contributed by atoms with Crippen LogP contribution >= 0.6 is 11.3 Å². The normalized spacial score (nSPS) is 11.3. The van der Waals surface area contributed by atoms with Crippen molar-refractivity contribution in [2.45, 2.75) is 6.18 Å². The number of hydrogen-bond donors (Lipinski definition) is 0. The fraction of sp³-hybridized carbons (Fsp3) is 0.100. The molecule has 1 aromatic heterocycles. The third-order valence-electron chi connectivity index (χ3n) is 2.03. The first kappa shape index (κ1) is 13.3. The summed E-state index contributed by atoms with van der Waals surface area (Å²) < 4.78 is 42.0. The predicted molar refractivity (Wildman–Crippen MR) is 60.3 cm³/mol. The zero-order chi connectivity index (χ0) is 14.0. The number of halogens is 3. The maximum Gasteiger partial charge on any atom is 0.434 e. The van der Waals surface area contributed by atoms with Crippen LogP contribution in [0.25, 0.3) is 0 Å². The van der Waals surface area contributed by atoms with E-state index in [0.29, 0.717) is 11.3 Å². The molecule has 0 unspecified atom stereocenters. The van der Waals surface area contributed by atoms with Crippen molar-refractivity contribution in [3.63, 3.8) is 0 Å². The SMILES string of the molecule is O=[N+]([O-])c1ccc(Oc2nc(C(F)(F)F)cs2)cc1. The number of ether oxygens (including phenoxy) is 1. The number of nitro benzene ring substituents is 1. The van der Waals surface area contributed by atoms with Crippen molar-refractivity contribution in [3.8, 4) is 10.9 Å². The second-order valence-electron chi connectivity index (χ2n) is 3.35. The van der Waals surface area contributed by atoms with Gasteiger partial charge in [-0.25, -0.2) is 0 Å². The molecule has 0 bridgehead atoms. The molecule has 9 heteroatoms. The van der Waals surface area contributed by atoms with Crippen LogP contribution in [0.2, 0.25) is 0 Å². The van der Waals surface area contributed by atoms with Gasteiger partial charge in [0.15, 0.2) is 5.69 Å². The molecule has 5 nitrogen and oxygen atoms in total. The number of nitro groups is 1. The molecule has 0 atom stereocenters. The molecule has 0 radical (unpaired) electrons. The minimum Gasteiger partial charge on any atom is -0.431 e. The van der Waals surface area contributed by atoms with E-state index in [1.807, 2.05) is 0 Å². The number of benzene rings is 1. The molecule has 0 amide bonds. The van der Waals surface area contributed by atoms with E-state index in [1.165, 1.54) is 24.3 Å². The molecular weight excluding hydrogens is 285 g/mol. The van der Waals surface area contributed by atoms with E-state index in [2.05, 4.69) is 4.98 Å². The summed E-state index contributed by atoms with van der Waals surface area (Å²) in [4.78, 5) is 13.1. The van der Waals surface area contributed by atoms with E-state index >= 15 is 0 Å². The maximum absolute atomic E-state index is 12.3. The average Bonchev–Trinajstić information content (AvgIpc) is 2.78. The van der Waals surface area contributed by atoms with Crippen molar-refractivity contribution in [1.29, 1.82) is 0 Å². The number of aromatic nitrogens is 1. The lowest BCUT2D eigenvalue weighted by Crippen LogP contribution is -2.04. The topological polar surface area (TPSA) is 65.3 Å². The van der Waals surface area contributed by atoms with E-state index in [-0.39, 0.29) is 16.6 Å². The summed E-state index contributed by atoms with van der Waals surface area (Å²) >= 11 is 0.695. The van der Waals surface area contributed by atoms with E-state index in [0.717, 1.165) is 5.38 Å². The molecular formula is C10H5F3N2O3S. The molecule has 0 N–H and O–H groups in total. The highest BCUT2D eigenvalue weighted by Gasteiger charge is 2.34. The lowest BCUT2D eigenvalue weighted by atomic mass is 10.3. The number of alkyl halides is 3. The zero-order valence-corrected chi connectivity index (χ0v) is 9.86. The van der Waals surface area contributed by atoms with Crippen LogP contribution in [0.15, 0.2) is 29.6 Å². The summed E-state index contributed by atoms with van der Waals surface area (Å²) in [6, 6.07) is 4.95. The highest BCUT2D eigenvalue weighted by Crippen LogP contribution is 2.34. The van der Waals surface area contributed by atoms with Gasteiger partial charge in [-0.1, -0.05) is 11.3 Å². The Labute approximate surface area is 108 Å². The molecule has 1 aromatic carbocycles. The largest absolute Gasteiger partial charge is 0.434 e. The molecule has 1 heterocycles. The van der Waals surface area contributed by atoms with Crippen LogP contribution in [0.3, 0.4) is 0 Å². The predicted octanol–water partition coefficient (Wildman–Crippen LogP) is 3.86. The summed E-state index contributed by atoms with van der Waals surface area (Å²) in [6.45, 7) is 0. The van der Waals surface area contributed by atoms with Crippen LogP contribution in [-0.4, -0.2) is 9.91 Å². The minimum absolute atomic E-state index is 0.137. The van der Waals surface area contributed by atoms with Crippen LogP contribution in [0.5, 0.6) is 10.9 Å². The first-order valence-electron chi connectivity index (χ1n) is 4.81. The van der Waals surface area contributed by atoms with Gasteiger partial charge in [0, 0.05) is 17.5 Å². The molecule has 0 aliphatic carbocycles. The van der Waals surface area contributed by atoms with Gasteiger partial charge in [-0.3, -0.25) is 10.1 Å². The summed E-state index contributed by atoms with van der Waals surface area (Å²) in [7, 11) is 0. The second-order valence-corrected chi connectivity index (χ2v) is 4.17. The van der Waals surface area contributed by atoms with Crippen molar-refractivity contribution in [3.05, 3.63) is 45.5 Å². The van der Waals surface area contributed by atoms with E-state index < -0.39 is 16.8 Å². The monoisotopic (exact) mass is 290 g/mol. The molecule has 2 rings (SSSR count). The molecule has 100 valence electrons. The molecule has 19 heavy (non-hydrogen) atoms. The van der Waals surface area contributed by atoms with Gasteiger partial charge in [0.25, 0.3) is 10.9 Å². The van der Waals surface area contributed by atoms with Crippen molar-refractivity contribution in [2.24, 2.45) is 0 Å². The quantitative estimate of drug-likeness (QED) is 0.636. The van der Waals surface area contributed by atoms with Crippen LogP contribution < -0.4 is 4.74 Å². The summed E-state index contributed by atoms with van der Waals surface area (Å²) in [5, 5.41) is 11.1. The Morgan fingerprint density at radius 3 is 2.37 bits per heavy atom. The second kappa shape index (κ2) is 4.84. The molecule has 0 fully saturated rings. The first-order valence-corrected chi connectivity index (χ1v) is 5.69. The fourth-order valence-corrected chi connectivity index (χ4v) is 1.87. The van der Waals surface area contributed by atoms with Gasteiger partial charge in [-0.2, -0.15) is 18.2 Å². The van der Waals surface area contributed by atoms with E-state index in [1.54, 1.807) is 0 Å². The zero-order valence-electron chi connectivity index (χ0n) is 9.05. The van der Waals surface area contributed by atoms with Crippen LogP contribution in [0, 0.1) is 10.1 Å². The average molecular weight is 290 g/mol. The Hall–Kier alpha value is -2.16. The van der Waals surface area contributed by atoms with E-state index in [9.17, 15) is 23.3 Å². The number of thiazole rings is 1. The number of rotatable bonds is 3. The Morgan fingerprint density at radius 2 is 1.89 bits per heavy atom. The third kappa shape index (κ3) is 3.19. The number of non-ortho nitro benzene ring substituents is 1. The van der Waals surface area contributed by atoms with Crippen LogP contribution in [0.4, 0.5) is 18.9 Å². The van der Waals surface area contributed by atoms with E-state index in [4.69, 9.17) is 4.74 Å². The Balaban J connectivity index is 2.13. The van der Waals surface area contributed by atoms with Crippen molar-refractivity contribution >= 4 is 17.0 Å². The smallest absolute Gasteiger partial charge is 0.431 e. The molecule has 2 aromatic rings. The Kier molecular flexibility index (Phi) is 3.38. The molecule has 0 aliphatic rings. The molecule has 0 saturated carbocycles. The van der Waals surface area contributed by atoms with Gasteiger partial charge in [0.05, 0.1) is 4.92 Å². The van der Waals surface area contributed by atoms with Gasteiger partial charge in [-0.05, 0) is 12.1 Å². The summed E-state index contributed by atoms with van der Waals surface area (Å²) in [5.41, 5.74) is -1.17. The highest BCUT2D eigenvalue weighted by atomic mass is 32.1. The standard InChI is InChI=1S/C10H5F3N2O3S/c11-10(12,13)8-5-19-9(14-8)18-7-3-1-6(2-4-7)15(16)17/h1-5H. The van der Waals surface area contributed by atoms with Crippen LogP contribution in [-0.2, 0) is 6.18 Å². The maximum atomic E-state index is 12.3.